The molecular formula is C17H26F3N3O2. The Morgan fingerprint density at radius 1 is 1.24 bits per heavy atom. The number of hydrogen-bond acceptors (Lipinski definition) is 4. The third-order valence-electron chi connectivity index (χ3n) is 3.08. The van der Waals surface area contributed by atoms with Gasteiger partial charge in [0.2, 0.25) is 0 Å². The normalized spacial score (nSPS) is 13.5. The van der Waals surface area contributed by atoms with Gasteiger partial charge in [0.25, 0.3) is 0 Å². The van der Waals surface area contributed by atoms with E-state index in [-0.39, 0.29) is 6.04 Å². The Bertz CT molecular complexity index is 552. The zero-order valence-electron chi connectivity index (χ0n) is 15.2. The number of halogens is 3. The molecule has 1 heterocycles. The molecular weight excluding hydrogens is 335 g/mol. The molecule has 0 aromatic carbocycles. The van der Waals surface area contributed by atoms with Gasteiger partial charge in [-0.3, -0.25) is 0 Å². The maximum atomic E-state index is 12.5. The van der Waals surface area contributed by atoms with Crippen LogP contribution < -0.4 is 10.6 Å². The number of ether oxygens (including phenoxy) is 1. The van der Waals surface area contributed by atoms with Crippen LogP contribution in [0.2, 0.25) is 0 Å². The van der Waals surface area contributed by atoms with Gasteiger partial charge in [-0.25, -0.2) is 9.78 Å². The molecule has 1 aromatic rings. The first-order valence-electron chi connectivity index (χ1n) is 8.13. The van der Waals surface area contributed by atoms with Gasteiger partial charge in [0.15, 0.2) is 0 Å². The largest absolute Gasteiger partial charge is 0.444 e. The quantitative estimate of drug-likeness (QED) is 0.786. The number of amides is 1. The first kappa shape index (κ1) is 21.1. The van der Waals surface area contributed by atoms with Crippen molar-refractivity contribution in [1.82, 2.24) is 10.3 Å². The summed E-state index contributed by atoms with van der Waals surface area (Å²) in [5.41, 5.74) is -1.09. The summed E-state index contributed by atoms with van der Waals surface area (Å²) >= 11 is 0. The monoisotopic (exact) mass is 361 g/mol. The van der Waals surface area contributed by atoms with Crippen molar-refractivity contribution in [1.29, 1.82) is 0 Å². The van der Waals surface area contributed by atoms with Crippen molar-refractivity contribution in [3.63, 3.8) is 0 Å². The summed E-state index contributed by atoms with van der Waals surface area (Å²) in [6, 6.07) is 2.01. The number of anilines is 1. The van der Waals surface area contributed by atoms with E-state index in [1.165, 1.54) is 6.07 Å². The van der Waals surface area contributed by atoms with Crippen LogP contribution in [-0.2, 0) is 10.9 Å². The van der Waals surface area contributed by atoms with Gasteiger partial charge in [-0.2, -0.15) is 13.2 Å². The van der Waals surface area contributed by atoms with E-state index in [9.17, 15) is 18.0 Å². The van der Waals surface area contributed by atoms with Crippen molar-refractivity contribution in [3.05, 3.63) is 24.0 Å². The summed E-state index contributed by atoms with van der Waals surface area (Å²) in [6.45, 7) is 9.71. The van der Waals surface area contributed by atoms with Crippen LogP contribution in [0.1, 0.15) is 46.7 Å². The molecule has 1 aromatic heterocycles. The Kier molecular flexibility index (Phi) is 7.07. The van der Waals surface area contributed by atoms with Crippen molar-refractivity contribution in [2.75, 3.05) is 11.9 Å². The number of alkyl halides is 3. The first-order chi connectivity index (χ1) is 11.4. The molecule has 5 nitrogen and oxygen atoms in total. The molecule has 1 rings (SSSR count). The Labute approximate surface area is 146 Å². The molecule has 2 N–H and O–H groups in total. The minimum atomic E-state index is -4.46. The Balaban J connectivity index is 2.65. The van der Waals surface area contributed by atoms with E-state index in [1.54, 1.807) is 20.8 Å². The second-order valence-electron chi connectivity index (χ2n) is 7.28. The topological polar surface area (TPSA) is 63.2 Å². The fraction of sp³-hybridized carbons (Fsp3) is 0.647. The summed E-state index contributed by atoms with van der Waals surface area (Å²) in [5, 5.41) is 5.78. The van der Waals surface area contributed by atoms with Crippen molar-refractivity contribution < 1.29 is 22.7 Å². The SMILES string of the molecule is CC(C)CC(CNc1ccc(C(F)(F)F)nc1)NC(=O)OC(C)(C)C. The summed E-state index contributed by atoms with van der Waals surface area (Å²) in [4.78, 5) is 15.3. The van der Waals surface area contributed by atoms with Crippen molar-refractivity contribution in [2.24, 2.45) is 5.92 Å². The van der Waals surface area contributed by atoms with Crippen LogP contribution >= 0.6 is 0 Å². The number of nitrogens with one attached hydrogen (secondary N) is 2. The standard InChI is InChI=1S/C17H26F3N3O2/c1-11(2)8-13(23-15(24)25-16(3,4)5)10-21-12-6-7-14(22-9-12)17(18,19)20/h6-7,9,11,13,21H,8,10H2,1-5H3,(H,23,24). The van der Waals surface area contributed by atoms with E-state index >= 15 is 0 Å². The van der Waals surface area contributed by atoms with Gasteiger partial charge in [0, 0.05) is 12.6 Å². The molecule has 1 unspecified atom stereocenters. The van der Waals surface area contributed by atoms with Crippen LogP contribution in [0.25, 0.3) is 0 Å². The molecule has 8 heteroatoms. The molecule has 142 valence electrons. The smallest absolute Gasteiger partial charge is 0.433 e. The van der Waals surface area contributed by atoms with E-state index in [2.05, 4.69) is 15.6 Å². The van der Waals surface area contributed by atoms with Gasteiger partial charge in [0.05, 0.1) is 11.9 Å². The number of nitrogens with zero attached hydrogens (tertiary/aromatic N) is 1. The highest BCUT2D eigenvalue weighted by Gasteiger charge is 2.32. The van der Waals surface area contributed by atoms with E-state index in [1.807, 2.05) is 13.8 Å². The summed E-state index contributed by atoms with van der Waals surface area (Å²) in [6.07, 6.45) is -3.16. The first-order valence-corrected chi connectivity index (χ1v) is 8.13. The lowest BCUT2D eigenvalue weighted by molar-refractivity contribution is -0.141. The molecule has 0 spiro atoms. The number of carbonyl (C=O) groups is 1. The van der Waals surface area contributed by atoms with Gasteiger partial charge in [-0.15, -0.1) is 0 Å². The molecule has 0 aliphatic rings. The number of rotatable bonds is 6. The number of alkyl carbamates (subject to hydrolysis) is 1. The maximum absolute atomic E-state index is 12.5. The lowest BCUT2D eigenvalue weighted by atomic mass is 10.0. The van der Waals surface area contributed by atoms with E-state index in [0.29, 0.717) is 24.6 Å². The van der Waals surface area contributed by atoms with Gasteiger partial charge in [0.1, 0.15) is 11.3 Å². The van der Waals surface area contributed by atoms with Crippen molar-refractivity contribution >= 4 is 11.8 Å². The van der Waals surface area contributed by atoms with E-state index < -0.39 is 23.6 Å². The van der Waals surface area contributed by atoms with E-state index in [0.717, 1.165) is 12.3 Å². The number of carbonyl (C=O) groups excluding carboxylic acids is 1. The zero-order chi connectivity index (χ0) is 19.3. The average molecular weight is 361 g/mol. The highest BCUT2D eigenvalue weighted by Crippen LogP contribution is 2.27. The van der Waals surface area contributed by atoms with Crippen LogP contribution in [0, 0.1) is 5.92 Å². The van der Waals surface area contributed by atoms with Gasteiger partial charge in [-0.05, 0) is 45.2 Å². The minimum absolute atomic E-state index is 0.225. The number of hydrogen-bond donors (Lipinski definition) is 2. The van der Waals surface area contributed by atoms with Crippen LogP contribution in [0.15, 0.2) is 18.3 Å². The zero-order valence-corrected chi connectivity index (χ0v) is 15.2. The second kappa shape index (κ2) is 8.40. The minimum Gasteiger partial charge on any atom is -0.444 e. The fourth-order valence-corrected chi connectivity index (χ4v) is 2.14. The molecule has 25 heavy (non-hydrogen) atoms. The maximum Gasteiger partial charge on any atom is 0.433 e. The fourth-order valence-electron chi connectivity index (χ4n) is 2.14. The average Bonchev–Trinajstić information content (AvgIpc) is 2.41. The molecule has 0 saturated carbocycles. The molecule has 1 atom stereocenters. The predicted molar refractivity (Wildman–Crippen MR) is 90.3 cm³/mol. The van der Waals surface area contributed by atoms with Gasteiger partial charge >= 0.3 is 12.3 Å². The highest BCUT2D eigenvalue weighted by molar-refractivity contribution is 5.68. The third kappa shape index (κ3) is 8.60. The number of pyridine rings is 1. The lowest BCUT2D eigenvalue weighted by Crippen LogP contribution is -2.43. The van der Waals surface area contributed by atoms with Crippen LogP contribution in [-0.4, -0.2) is 29.3 Å². The lowest BCUT2D eigenvalue weighted by Gasteiger charge is -2.25. The molecule has 0 saturated heterocycles. The van der Waals surface area contributed by atoms with Crippen LogP contribution in [0.5, 0.6) is 0 Å². The Morgan fingerprint density at radius 3 is 2.32 bits per heavy atom. The predicted octanol–water partition coefficient (Wildman–Crippen LogP) is 4.45. The van der Waals surface area contributed by atoms with Crippen LogP contribution in [0.3, 0.4) is 0 Å². The molecule has 0 aliphatic carbocycles. The van der Waals surface area contributed by atoms with Crippen molar-refractivity contribution in [3.8, 4) is 0 Å². The third-order valence-corrected chi connectivity index (χ3v) is 3.08. The molecule has 0 fully saturated rings. The summed E-state index contributed by atoms with van der Waals surface area (Å²) < 4.78 is 42.8. The molecule has 0 aliphatic heterocycles. The van der Waals surface area contributed by atoms with Crippen molar-refractivity contribution in [2.45, 2.75) is 58.9 Å². The Morgan fingerprint density at radius 2 is 1.88 bits per heavy atom. The second-order valence-corrected chi connectivity index (χ2v) is 7.28. The van der Waals surface area contributed by atoms with E-state index in [4.69, 9.17) is 4.74 Å². The Hall–Kier alpha value is -1.99. The van der Waals surface area contributed by atoms with Gasteiger partial charge < -0.3 is 15.4 Å². The molecule has 1 amide bonds. The number of aromatic nitrogens is 1. The summed E-state index contributed by atoms with van der Waals surface area (Å²) in [7, 11) is 0. The highest BCUT2D eigenvalue weighted by atomic mass is 19.4. The van der Waals surface area contributed by atoms with Gasteiger partial charge in [-0.1, -0.05) is 13.8 Å². The summed E-state index contributed by atoms with van der Waals surface area (Å²) in [5.74, 6) is 0.326. The molecule has 0 bridgehead atoms. The van der Waals surface area contributed by atoms with Crippen LogP contribution in [0.4, 0.5) is 23.7 Å². The molecule has 0 radical (unpaired) electrons.